The summed E-state index contributed by atoms with van der Waals surface area (Å²) in [5, 5.41) is -0.773. The number of nitrogens with zero attached hydrogens (tertiary/aromatic N) is 2. The minimum Gasteiger partial charge on any atom is -0.224 e. The molecule has 66 valence electrons. The molecule has 6 heteroatoms. The Labute approximate surface area is 69.7 Å². The molecule has 0 aromatic carbocycles. The van der Waals surface area contributed by atoms with Crippen LogP contribution in [0.1, 0.15) is 11.3 Å². The first-order chi connectivity index (χ1) is 5.41. The van der Waals surface area contributed by atoms with Gasteiger partial charge in [-0.3, -0.25) is 0 Å². The molecule has 1 aromatic rings. The number of halogens is 1. The molecule has 0 atom stereocenters. The van der Waals surface area contributed by atoms with Crippen molar-refractivity contribution in [3.05, 3.63) is 17.5 Å². The number of rotatable bonds is 1. The summed E-state index contributed by atoms with van der Waals surface area (Å²) < 4.78 is 32.9. The van der Waals surface area contributed by atoms with Crippen molar-refractivity contribution in [3.63, 3.8) is 0 Å². The van der Waals surface area contributed by atoms with Crippen LogP contribution in [-0.4, -0.2) is 18.4 Å². The van der Waals surface area contributed by atoms with Gasteiger partial charge in [0.15, 0.2) is 0 Å². The van der Waals surface area contributed by atoms with E-state index in [4.69, 9.17) is 0 Å². The van der Waals surface area contributed by atoms with Gasteiger partial charge >= 0.3 is 10.2 Å². The van der Waals surface area contributed by atoms with E-state index in [1.165, 1.54) is 6.20 Å². The van der Waals surface area contributed by atoms with Gasteiger partial charge in [0.05, 0.1) is 0 Å². The zero-order valence-electron chi connectivity index (χ0n) is 6.57. The normalized spacial score (nSPS) is 11.6. The van der Waals surface area contributed by atoms with Crippen LogP contribution < -0.4 is 0 Å². The zero-order valence-corrected chi connectivity index (χ0v) is 7.39. The maximum Gasteiger partial charge on any atom is 0.368 e. The van der Waals surface area contributed by atoms with Crippen molar-refractivity contribution in [2.24, 2.45) is 0 Å². The van der Waals surface area contributed by atoms with Crippen molar-refractivity contribution >= 4 is 10.2 Å². The molecule has 0 aliphatic carbocycles. The Morgan fingerprint density at radius 2 is 2.00 bits per heavy atom. The Bertz CT molecular complexity index is 402. The topological polar surface area (TPSA) is 59.9 Å². The summed E-state index contributed by atoms with van der Waals surface area (Å²) in [5.41, 5.74) is 1.18. The minimum absolute atomic E-state index is 0.459. The van der Waals surface area contributed by atoms with E-state index in [-0.39, 0.29) is 0 Å². The third-order valence-electron chi connectivity index (χ3n) is 1.42. The van der Waals surface area contributed by atoms with Crippen LogP contribution in [0.5, 0.6) is 0 Å². The molecule has 0 N–H and O–H groups in total. The van der Waals surface area contributed by atoms with Gasteiger partial charge in [-0.1, -0.05) is 3.89 Å². The Hall–Kier alpha value is -1.04. The number of aryl methyl sites for hydroxylation is 2. The maximum absolute atomic E-state index is 12.3. The van der Waals surface area contributed by atoms with Crippen molar-refractivity contribution < 1.29 is 12.3 Å². The molecule has 0 radical (unpaired) electrons. The Kier molecular flexibility index (Phi) is 2.10. The minimum atomic E-state index is -4.76. The van der Waals surface area contributed by atoms with Crippen molar-refractivity contribution in [2.75, 3.05) is 0 Å². The molecule has 1 rings (SSSR count). The molecular weight excluding hydrogens is 183 g/mol. The Morgan fingerprint density at radius 1 is 1.42 bits per heavy atom. The maximum atomic E-state index is 12.3. The summed E-state index contributed by atoms with van der Waals surface area (Å²) in [5.74, 6) is 0. The predicted molar refractivity (Wildman–Crippen MR) is 39.8 cm³/mol. The second-order valence-corrected chi connectivity index (χ2v) is 3.60. The van der Waals surface area contributed by atoms with Gasteiger partial charge < -0.3 is 0 Å². The average Bonchev–Trinajstić information content (AvgIpc) is 1.92. The highest BCUT2D eigenvalue weighted by atomic mass is 32.3. The van der Waals surface area contributed by atoms with Crippen molar-refractivity contribution in [3.8, 4) is 0 Å². The Balaban J connectivity index is 3.33. The fourth-order valence-electron chi connectivity index (χ4n) is 0.623. The zero-order chi connectivity index (χ0) is 9.35. The van der Waals surface area contributed by atoms with E-state index in [2.05, 4.69) is 9.97 Å². The van der Waals surface area contributed by atoms with Gasteiger partial charge in [-0.2, -0.15) is 8.42 Å². The molecule has 1 heterocycles. The molecule has 0 amide bonds. The lowest BCUT2D eigenvalue weighted by Crippen LogP contribution is -2.02. The Morgan fingerprint density at radius 3 is 2.42 bits per heavy atom. The molecule has 0 bridgehead atoms. The van der Waals surface area contributed by atoms with E-state index in [1.807, 2.05) is 0 Å². The van der Waals surface area contributed by atoms with Gasteiger partial charge in [0.25, 0.3) is 5.16 Å². The number of hydrogen-bond acceptors (Lipinski definition) is 4. The summed E-state index contributed by atoms with van der Waals surface area (Å²) in [6.07, 6.45) is 1.27. The second kappa shape index (κ2) is 2.78. The van der Waals surface area contributed by atoms with Crippen LogP contribution in [0, 0.1) is 13.8 Å². The molecule has 1 aromatic heterocycles. The molecule has 0 unspecified atom stereocenters. The molecule has 4 nitrogen and oxygen atoms in total. The lowest BCUT2D eigenvalue weighted by Gasteiger charge is -1.97. The van der Waals surface area contributed by atoms with E-state index >= 15 is 0 Å². The van der Waals surface area contributed by atoms with E-state index in [0.29, 0.717) is 5.69 Å². The molecule has 0 saturated heterocycles. The van der Waals surface area contributed by atoms with Crippen molar-refractivity contribution in [2.45, 2.75) is 19.0 Å². The molecule has 0 saturated carbocycles. The monoisotopic (exact) mass is 190 g/mol. The van der Waals surface area contributed by atoms with Crippen LogP contribution in [0.2, 0.25) is 0 Å². The first-order valence-corrected chi connectivity index (χ1v) is 4.54. The smallest absolute Gasteiger partial charge is 0.224 e. The first kappa shape index (κ1) is 9.05. The summed E-state index contributed by atoms with van der Waals surface area (Å²) in [7, 11) is -4.76. The molecular formula is C6H7FN2O2S. The number of hydrogen-bond donors (Lipinski definition) is 0. The number of aromatic nitrogens is 2. The van der Waals surface area contributed by atoms with Gasteiger partial charge in [0.2, 0.25) is 0 Å². The van der Waals surface area contributed by atoms with Crippen LogP contribution in [0.25, 0.3) is 0 Å². The van der Waals surface area contributed by atoms with E-state index in [1.54, 1.807) is 13.8 Å². The molecule has 12 heavy (non-hydrogen) atoms. The van der Waals surface area contributed by atoms with Crippen molar-refractivity contribution in [1.82, 2.24) is 9.97 Å². The largest absolute Gasteiger partial charge is 0.368 e. The van der Waals surface area contributed by atoms with Gasteiger partial charge in [0, 0.05) is 11.9 Å². The van der Waals surface area contributed by atoms with Gasteiger partial charge in [-0.15, -0.1) is 0 Å². The van der Waals surface area contributed by atoms with Crippen LogP contribution in [0.15, 0.2) is 11.4 Å². The summed E-state index contributed by atoms with van der Waals surface area (Å²) in [4.78, 5) is 6.81. The molecule has 0 aliphatic rings. The summed E-state index contributed by atoms with van der Waals surface area (Å²) in [6, 6.07) is 0. The van der Waals surface area contributed by atoms with Gasteiger partial charge in [0.1, 0.15) is 0 Å². The highest BCUT2D eigenvalue weighted by molar-refractivity contribution is 7.86. The second-order valence-electron chi connectivity index (χ2n) is 2.36. The van der Waals surface area contributed by atoms with E-state index in [9.17, 15) is 12.3 Å². The van der Waals surface area contributed by atoms with Gasteiger partial charge in [-0.25, -0.2) is 9.97 Å². The van der Waals surface area contributed by atoms with Crippen LogP contribution >= 0.6 is 0 Å². The van der Waals surface area contributed by atoms with Crippen LogP contribution in [-0.2, 0) is 10.2 Å². The lowest BCUT2D eigenvalue weighted by atomic mass is 10.3. The van der Waals surface area contributed by atoms with Crippen molar-refractivity contribution in [1.29, 1.82) is 0 Å². The fourth-order valence-corrected chi connectivity index (χ4v) is 1.05. The van der Waals surface area contributed by atoms with Crippen LogP contribution in [0.3, 0.4) is 0 Å². The van der Waals surface area contributed by atoms with Crippen LogP contribution in [0.4, 0.5) is 3.89 Å². The average molecular weight is 190 g/mol. The highest BCUT2D eigenvalue weighted by Gasteiger charge is 2.15. The SMILES string of the molecule is Cc1cnc(S(=O)(=O)F)nc1C. The fraction of sp³-hybridized carbons (Fsp3) is 0.333. The van der Waals surface area contributed by atoms with Gasteiger partial charge in [-0.05, 0) is 19.4 Å². The molecule has 0 aliphatic heterocycles. The quantitative estimate of drug-likeness (QED) is 0.484. The third-order valence-corrected chi connectivity index (χ3v) is 2.05. The lowest BCUT2D eigenvalue weighted by molar-refractivity contribution is 0.541. The third kappa shape index (κ3) is 1.76. The summed E-state index contributed by atoms with van der Waals surface area (Å²) >= 11 is 0. The molecule has 0 fully saturated rings. The molecule has 0 spiro atoms. The highest BCUT2D eigenvalue weighted by Crippen LogP contribution is 2.08. The predicted octanol–water partition coefficient (Wildman–Crippen LogP) is 0.752. The first-order valence-electron chi connectivity index (χ1n) is 3.16. The summed E-state index contributed by atoms with van der Waals surface area (Å²) in [6.45, 7) is 3.30. The van der Waals surface area contributed by atoms with E-state index in [0.717, 1.165) is 5.56 Å². The van der Waals surface area contributed by atoms with E-state index < -0.39 is 15.4 Å². The standard InChI is InChI=1S/C6H7FN2O2S/c1-4-3-8-6(9-5(4)2)12(7,10)11/h3H,1-2H3.